The number of amides is 1. The van der Waals surface area contributed by atoms with Gasteiger partial charge in [-0.05, 0) is 18.6 Å². The number of benzene rings is 1. The number of carbonyl (C=O) groups is 1. The molecule has 0 aliphatic heterocycles. The highest BCUT2D eigenvalue weighted by Gasteiger charge is 2.07. The zero-order valence-corrected chi connectivity index (χ0v) is 9.49. The number of hydrogen-bond donors (Lipinski definition) is 2. The molecule has 1 heterocycles. The zero-order valence-electron chi connectivity index (χ0n) is 9.49. The summed E-state index contributed by atoms with van der Waals surface area (Å²) in [4.78, 5) is 14.9. The van der Waals surface area contributed by atoms with Crippen LogP contribution in [0.25, 0.3) is 10.9 Å². The molecule has 1 aromatic heterocycles. The summed E-state index contributed by atoms with van der Waals surface area (Å²) in [6, 6.07) is 9.66. The minimum absolute atomic E-state index is 0.0850. The van der Waals surface area contributed by atoms with Crippen molar-refractivity contribution in [2.45, 2.75) is 12.8 Å². The molecule has 0 fully saturated rings. The summed E-state index contributed by atoms with van der Waals surface area (Å²) in [6.07, 6.45) is 6.63. The van der Waals surface area contributed by atoms with Crippen LogP contribution in [0.2, 0.25) is 0 Å². The van der Waals surface area contributed by atoms with Crippen LogP contribution in [-0.4, -0.2) is 17.4 Å². The van der Waals surface area contributed by atoms with E-state index in [-0.39, 0.29) is 5.91 Å². The molecule has 0 spiro atoms. The summed E-state index contributed by atoms with van der Waals surface area (Å²) in [5, 5.41) is 3.87. The Bertz CT molecular complexity index is 530. The van der Waals surface area contributed by atoms with E-state index in [9.17, 15) is 4.79 Å². The Kier molecular flexibility index (Phi) is 3.46. The lowest BCUT2D eigenvalue weighted by Gasteiger charge is -2.00. The fourth-order valence-electron chi connectivity index (χ4n) is 1.68. The number of unbranched alkanes of at least 4 members (excludes halogenated alkanes) is 1. The second-order valence-electron chi connectivity index (χ2n) is 3.83. The Morgan fingerprint density at radius 1 is 1.41 bits per heavy atom. The summed E-state index contributed by atoms with van der Waals surface area (Å²) in [7, 11) is 0. The van der Waals surface area contributed by atoms with Gasteiger partial charge in [-0.3, -0.25) is 4.79 Å². The van der Waals surface area contributed by atoms with Gasteiger partial charge in [0.25, 0.3) is 5.91 Å². The first-order valence-electron chi connectivity index (χ1n) is 5.60. The Balaban J connectivity index is 2.02. The van der Waals surface area contributed by atoms with E-state index in [0.29, 0.717) is 18.7 Å². The maximum absolute atomic E-state index is 11.8. The largest absolute Gasteiger partial charge is 0.351 e. The van der Waals surface area contributed by atoms with E-state index >= 15 is 0 Å². The third kappa shape index (κ3) is 2.67. The van der Waals surface area contributed by atoms with Gasteiger partial charge in [0.1, 0.15) is 5.69 Å². The lowest BCUT2D eigenvalue weighted by Crippen LogP contribution is -2.24. The van der Waals surface area contributed by atoms with Crippen LogP contribution in [0.5, 0.6) is 0 Å². The highest BCUT2D eigenvalue weighted by atomic mass is 16.1. The van der Waals surface area contributed by atoms with E-state index in [2.05, 4.69) is 16.2 Å². The molecule has 0 unspecified atom stereocenters. The number of aromatic nitrogens is 1. The normalized spacial score (nSPS) is 10.1. The molecule has 3 nitrogen and oxygen atoms in total. The SMILES string of the molecule is C#CCCCNC(=O)c1cc2ccccc2[nH]1. The maximum atomic E-state index is 11.8. The highest BCUT2D eigenvalue weighted by molar-refractivity contribution is 5.97. The fraction of sp³-hybridized carbons (Fsp3) is 0.214. The van der Waals surface area contributed by atoms with E-state index in [1.165, 1.54) is 0 Å². The minimum atomic E-state index is -0.0850. The Hall–Kier alpha value is -2.21. The van der Waals surface area contributed by atoms with E-state index in [1.807, 2.05) is 30.3 Å². The number of carbonyl (C=O) groups excluding carboxylic acids is 1. The lowest BCUT2D eigenvalue weighted by atomic mass is 10.2. The van der Waals surface area contributed by atoms with E-state index < -0.39 is 0 Å². The van der Waals surface area contributed by atoms with Gasteiger partial charge in [0.05, 0.1) is 0 Å². The van der Waals surface area contributed by atoms with Gasteiger partial charge in [-0.25, -0.2) is 0 Å². The van der Waals surface area contributed by atoms with Gasteiger partial charge in [0.15, 0.2) is 0 Å². The Morgan fingerprint density at radius 3 is 3.00 bits per heavy atom. The fourth-order valence-corrected chi connectivity index (χ4v) is 1.68. The molecule has 2 rings (SSSR count). The molecule has 0 radical (unpaired) electrons. The molecular weight excluding hydrogens is 212 g/mol. The van der Waals surface area contributed by atoms with Crippen LogP contribution in [0.15, 0.2) is 30.3 Å². The van der Waals surface area contributed by atoms with Crippen molar-refractivity contribution >= 4 is 16.8 Å². The van der Waals surface area contributed by atoms with Gasteiger partial charge in [0.2, 0.25) is 0 Å². The molecule has 3 heteroatoms. The number of nitrogens with one attached hydrogen (secondary N) is 2. The van der Waals surface area contributed by atoms with E-state index in [0.717, 1.165) is 17.3 Å². The van der Waals surface area contributed by atoms with Crippen LogP contribution in [0, 0.1) is 12.3 Å². The van der Waals surface area contributed by atoms with Crippen molar-refractivity contribution in [3.63, 3.8) is 0 Å². The molecule has 86 valence electrons. The van der Waals surface area contributed by atoms with Crippen LogP contribution in [0.1, 0.15) is 23.3 Å². The standard InChI is InChI=1S/C14H14N2O/c1-2-3-6-9-15-14(17)13-10-11-7-4-5-8-12(11)16-13/h1,4-5,7-8,10,16H,3,6,9H2,(H,15,17). The summed E-state index contributed by atoms with van der Waals surface area (Å²) >= 11 is 0. The molecule has 1 amide bonds. The molecule has 0 saturated heterocycles. The molecule has 0 saturated carbocycles. The number of terminal acetylenes is 1. The minimum Gasteiger partial charge on any atom is -0.351 e. The summed E-state index contributed by atoms with van der Waals surface area (Å²) in [5.74, 6) is 2.46. The smallest absolute Gasteiger partial charge is 0.267 e. The van der Waals surface area contributed by atoms with Crippen molar-refractivity contribution < 1.29 is 4.79 Å². The third-order valence-corrected chi connectivity index (χ3v) is 2.56. The number of rotatable bonds is 4. The monoisotopic (exact) mass is 226 g/mol. The first kappa shape index (κ1) is 11.3. The molecule has 0 atom stereocenters. The van der Waals surface area contributed by atoms with Crippen molar-refractivity contribution in [2.75, 3.05) is 6.54 Å². The molecule has 17 heavy (non-hydrogen) atoms. The van der Waals surface area contributed by atoms with Crippen molar-refractivity contribution in [2.24, 2.45) is 0 Å². The summed E-state index contributed by atoms with van der Waals surface area (Å²) in [6.45, 7) is 0.610. The predicted octanol–water partition coefficient (Wildman–Crippen LogP) is 2.31. The first-order chi connectivity index (χ1) is 8.31. The highest BCUT2D eigenvalue weighted by Crippen LogP contribution is 2.14. The number of aromatic amines is 1. The summed E-state index contributed by atoms with van der Waals surface area (Å²) < 4.78 is 0. The van der Waals surface area contributed by atoms with Crippen molar-refractivity contribution in [3.05, 3.63) is 36.0 Å². The third-order valence-electron chi connectivity index (χ3n) is 2.56. The lowest BCUT2D eigenvalue weighted by molar-refractivity contribution is 0.0949. The molecule has 2 N–H and O–H groups in total. The van der Waals surface area contributed by atoms with Gasteiger partial charge in [-0.1, -0.05) is 18.2 Å². The predicted molar refractivity (Wildman–Crippen MR) is 68.7 cm³/mol. The maximum Gasteiger partial charge on any atom is 0.267 e. The van der Waals surface area contributed by atoms with Gasteiger partial charge < -0.3 is 10.3 Å². The number of para-hydroxylation sites is 1. The van der Waals surface area contributed by atoms with Crippen molar-refractivity contribution in [1.82, 2.24) is 10.3 Å². The van der Waals surface area contributed by atoms with Crippen LogP contribution in [0.4, 0.5) is 0 Å². The second-order valence-corrected chi connectivity index (χ2v) is 3.83. The van der Waals surface area contributed by atoms with E-state index in [1.54, 1.807) is 0 Å². The Labute approximate surface area is 100 Å². The average Bonchev–Trinajstić information content (AvgIpc) is 2.78. The van der Waals surface area contributed by atoms with Crippen molar-refractivity contribution in [3.8, 4) is 12.3 Å². The van der Waals surface area contributed by atoms with E-state index in [4.69, 9.17) is 6.42 Å². The van der Waals surface area contributed by atoms with Crippen LogP contribution in [-0.2, 0) is 0 Å². The quantitative estimate of drug-likeness (QED) is 0.610. The Morgan fingerprint density at radius 2 is 2.24 bits per heavy atom. The van der Waals surface area contributed by atoms with Crippen LogP contribution < -0.4 is 5.32 Å². The molecular formula is C14H14N2O. The van der Waals surface area contributed by atoms with Gasteiger partial charge in [0, 0.05) is 23.9 Å². The topological polar surface area (TPSA) is 44.9 Å². The number of fused-ring (bicyclic) bond motifs is 1. The molecule has 1 aromatic carbocycles. The first-order valence-corrected chi connectivity index (χ1v) is 5.60. The molecule has 0 bridgehead atoms. The second kappa shape index (κ2) is 5.22. The molecule has 0 aliphatic carbocycles. The number of H-pyrrole nitrogens is 1. The van der Waals surface area contributed by atoms with Crippen molar-refractivity contribution in [1.29, 1.82) is 0 Å². The molecule has 0 aliphatic rings. The van der Waals surface area contributed by atoms with Crippen LogP contribution in [0.3, 0.4) is 0 Å². The van der Waals surface area contributed by atoms with Gasteiger partial charge >= 0.3 is 0 Å². The van der Waals surface area contributed by atoms with Gasteiger partial charge in [-0.2, -0.15) is 0 Å². The van der Waals surface area contributed by atoms with Crippen LogP contribution >= 0.6 is 0 Å². The number of hydrogen-bond acceptors (Lipinski definition) is 1. The van der Waals surface area contributed by atoms with Gasteiger partial charge in [-0.15, -0.1) is 12.3 Å². The summed E-state index contributed by atoms with van der Waals surface area (Å²) in [5.41, 5.74) is 1.56. The average molecular weight is 226 g/mol. The zero-order chi connectivity index (χ0) is 12.1. The molecule has 2 aromatic rings.